The highest BCUT2D eigenvalue weighted by Crippen LogP contribution is 2.23. The maximum Gasteiger partial charge on any atom is 0.120 e. The molecule has 0 bridgehead atoms. The Kier molecular flexibility index (Phi) is 5.48. The summed E-state index contributed by atoms with van der Waals surface area (Å²) in [4.78, 5) is 4.55. The lowest BCUT2D eigenvalue weighted by atomic mass is 9.88. The molecular formula is C22H29NO. The van der Waals surface area contributed by atoms with E-state index in [4.69, 9.17) is 4.74 Å². The van der Waals surface area contributed by atoms with Gasteiger partial charge in [0.25, 0.3) is 0 Å². The van der Waals surface area contributed by atoms with Crippen molar-refractivity contribution in [1.29, 1.82) is 0 Å². The highest BCUT2D eigenvalue weighted by atomic mass is 16.5. The van der Waals surface area contributed by atoms with Crippen molar-refractivity contribution >= 4 is 11.9 Å². The minimum Gasteiger partial charge on any atom is -0.488 e. The molecule has 0 saturated heterocycles. The zero-order valence-electron chi connectivity index (χ0n) is 15.8. The smallest absolute Gasteiger partial charge is 0.120 e. The molecule has 0 radical (unpaired) electrons. The largest absolute Gasteiger partial charge is 0.488 e. The number of aliphatic imine (C=N–C) groups is 1. The van der Waals surface area contributed by atoms with Crippen LogP contribution in [0.2, 0.25) is 0 Å². The van der Waals surface area contributed by atoms with Crippen molar-refractivity contribution in [3.63, 3.8) is 0 Å². The maximum absolute atomic E-state index is 5.83. The zero-order chi connectivity index (χ0) is 17.8. The Morgan fingerprint density at radius 1 is 0.833 bits per heavy atom. The summed E-state index contributed by atoms with van der Waals surface area (Å²) < 4.78 is 5.83. The maximum atomic E-state index is 5.83. The third kappa shape index (κ3) is 6.57. The number of hydrogen-bond donors (Lipinski definition) is 0. The van der Waals surface area contributed by atoms with Gasteiger partial charge in [0.2, 0.25) is 0 Å². The van der Waals surface area contributed by atoms with Gasteiger partial charge in [0, 0.05) is 6.21 Å². The van der Waals surface area contributed by atoms with Gasteiger partial charge in [-0.25, -0.2) is 0 Å². The molecule has 0 atom stereocenters. The van der Waals surface area contributed by atoms with Crippen LogP contribution in [-0.4, -0.2) is 11.8 Å². The topological polar surface area (TPSA) is 21.6 Å². The first-order valence-corrected chi connectivity index (χ1v) is 8.53. The van der Waals surface area contributed by atoms with E-state index in [0.29, 0.717) is 5.41 Å². The fraction of sp³-hybridized carbons (Fsp3) is 0.409. The summed E-state index contributed by atoms with van der Waals surface area (Å²) in [7, 11) is 0. The summed E-state index contributed by atoms with van der Waals surface area (Å²) in [5.74, 6) is 0.881. The molecule has 0 fully saturated rings. The van der Waals surface area contributed by atoms with Gasteiger partial charge < -0.3 is 4.74 Å². The van der Waals surface area contributed by atoms with Gasteiger partial charge in [-0.15, -0.1) is 0 Å². The van der Waals surface area contributed by atoms with Crippen molar-refractivity contribution in [3.05, 3.63) is 59.7 Å². The van der Waals surface area contributed by atoms with Crippen LogP contribution in [0.5, 0.6) is 5.75 Å². The van der Waals surface area contributed by atoms with Crippen LogP contribution in [0, 0.1) is 5.41 Å². The summed E-state index contributed by atoms with van der Waals surface area (Å²) in [6, 6.07) is 16.5. The first kappa shape index (κ1) is 18.3. The molecule has 0 aliphatic carbocycles. The van der Waals surface area contributed by atoms with E-state index in [1.54, 1.807) is 0 Å². The average molecular weight is 323 g/mol. The Morgan fingerprint density at radius 3 is 1.92 bits per heavy atom. The minimum atomic E-state index is -0.176. The van der Waals surface area contributed by atoms with Crippen molar-refractivity contribution in [1.82, 2.24) is 0 Å². The first-order chi connectivity index (χ1) is 11.1. The predicted molar refractivity (Wildman–Crippen MR) is 104 cm³/mol. The Balaban J connectivity index is 2.00. The monoisotopic (exact) mass is 323 g/mol. The Hall–Kier alpha value is -2.09. The van der Waals surface area contributed by atoms with Gasteiger partial charge in [-0.3, -0.25) is 4.99 Å². The molecule has 0 aliphatic heterocycles. The number of rotatable bonds is 4. The van der Waals surface area contributed by atoms with E-state index < -0.39 is 0 Å². The van der Waals surface area contributed by atoms with Gasteiger partial charge in [0.05, 0.1) is 5.69 Å². The molecule has 0 amide bonds. The van der Waals surface area contributed by atoms with Crippen molar-refractivity contribution in [3.8, 4) is 5.75 Å². The molecule has 2 aromatic rings. The van der Waals surface area contributed by atoms with Gasteiger partial charge in [-0.1, -0.05) is 32.9 Å². The number of benzene rings is 2. The molecule has 0 saturated carbocycles. The molecule has 0 heterocycles. The van der Waals surface area contributed by atoms with Gasteiger partial charge in [-0.2, -0.15) is 0 Å². The van der Waals surface area contributed by atoms with E-state index >= 15 is 0 Å². The highest BCUT2D eigenvalue weighted by Gasteiger charge is 2.11. The molecule has 2 aromatic carbocycles. The average Bonchev–Trinajstić information content (AvgIpc) is 2.45. The van der Waals surface area contributed by atoms with Crippen LogP contribution in [0.4, 0.5) is 5.69 Å². The van der Waals surface area contributed by atoms with Crippen LogP contribution in [0.15, 0.2) is 53.5 Å². The van der Waals surface area contributed by atoms with E-state index in [2.05, 4.69) is 50.0 Å². The van der Waals surface area contributed by atoms with Crippen LogP contribution < -0.4 is 4.74 Å². The number of ether oxygens (including phenoxy) is 1. The fourth-order valence-corrected chi connectivity index (χ4v) is 2.44. The lowest BCUT2D eigenvalue weighted by Gasteiger charge is -2.21. The van der Waals surface area contributed by atoms with Crippen LogP contribution >= 0.6 is 0 Å². The highest BCUT2D eigenvalue weighted by molar-refractivity contribution is 5.82. The van der Waals surface area contributed by atoms with Crippen LogP contribution in [0.3, 0.4) is 0 Å². The first-order valence-electron chi connectivity index (χ1n) is 8.53. The number of hydrogen-bond acceptors (Lipinski definition) is 2. The molecule has 128 valence electrons. The molecule has 0 N–H and O–H groups in total. The summed E-state index contributed by atoms with van der Waals surface area (Å²) in [6.45, 7) is 12.9. The second-order valence-electron chi connectivity index (χ2n) is 8.45. The molecule has 2 nitrogen and oxygen atoms in total. The van der Waals surface area contributed by atoms with E-state index in [9.17, 15) is 0 Å². The van der Waals surface area contributed by atoms with Crippen molar-refractivity contribution in [2.45, 2.75) is 53.6 Å². The molecule has 0 aliphatic rings. The molecule has 24 heavy (non-hydrogen) atoms. The Labute approximate surface area is 146 Å². The second kappa shape index (κ2) is 7.21. The molecular weight excluding hydrogens is 294 g/mol. The van der Waals surface area contributed by atoms with Crippen molar-refractivity contribution in [2.75, 3.05) is 0 Å². The molecule has 2 rings (SSSR count). The lowest BCUT2D eigenvalue weighted by Crippen LogP contribution is -2.22. The van der Waals surface area contributed by atoms with Crippen molar-refractivity contribution < 1.29 is 4.74 Å². The van der Waals surface area contributed by atoms with Gasteiger partial charge in [0.1, 0.15) is 11.4 Å². The summed E-state index contributed by atoms with van der Waals surface area (Å²) in [5, 5.41) is 0. The summed E-state index contributed by atoms with van der Waals surface area (Å²) in [5.41, 5.74) is 3.52. The van der Waals surface area contributed by atoms with E-state index in [1.165, 1.54) is 5.56 Å². The van der Waals surface area contributed by atoms with E-state index in [-0.39, 0.29) is 5.60 Å². The van der Waals surface area contributed by atoms with Crippen molar-refractivity contribution in [2.24, 2.45) is 10.4 Å². The summed E-state index contributed by atoms with van der Waals surface area (Å²) >= 11 is 0. The third-order valence-corrected chi connectivity index (χ3v) is 3.34. The van der Waals surface area contributed by atoms with Gasteiger partial charge >= 0.3 is 0 Å². The van der Waals surface area contributed by atoms with E-state index in [0.717, 1.165) is 23.4 Å². The SMILES string of the molecule is CC(C)(C)Cc1ccc(N=Cc2ccc(OC(C)(C)C)cc2)cc1. The zero-order valence-corrected chi connectivity index (χ0v) is 15.8. The number of nitrogens with zero attached hydrogens (tertiary/aromatic N) is 1. The quantitative estimate of drug-likeness (QED) is 0.613. The van der Waals surface area contributed by atoms with Gasteiger partial charge in [0.15, 0.2) is 0 Å². The fourth-order valence-electron chi connectivity index (χ4n) is 2.44. The Morgan fingerprint density at radius 2 is 1.42 bits per heavy atom. The lowest BCUT2D eigenvalue weighted by molar-refractivity contribution is 0.131. The normalized spacial score (nSPS) is 12.6. The molecule has 2 heteroatoms. The standard InChI is InChI=1S/C22H29NO/c1-21(2,3)15-17-7-11-19(12-8-17)23-16-18-9-13-20(14-10-18)24-22(4,5)6/h7-14,16H,15H2,1-6H3. The minimum absolute atomic E-state index is 0.176. The van der Waals surface area contributed by atoms with Gasteiger partial charge in [-0.05, 0) is 80.1 Å². The van der Waals surface area contributed by atoms with Crippen LogP contribution in [0.1, 0.15) is 52.7 Å². The van der Waals surface area contributed by atoms with Crippen LogP contribution in [-0.2, 0) is 6.42 Å². The van der Waals surface area contributed by atoms with Crippen LogP contribution in [0.25, 0.3) is 0 Å². The Bertz CT molecular complexity index is 606. The molecule has 0 unspecified atom stereocenters. The molecule has 0 spiro atoms. The summed E-state index contributed by atoms with van der Waals surface area (Å²) in [6.07, 6.45) is 2.96. The predicted octanol–water partition coefficient (Wildman–Crippen LogP) is 6.20. The third-order valence-electron chi connectivity index (χ3n) is 3.34. The second-order valence-corrected chi connectivity index (χ2v) is 8.45. The molecule has 0 aromatic heterocycles. The van der Waals surface area contributed by atoms with E-state index in [1.807, 2.05) is 51.3 Å².